The van der Waals surface area contributed by atoms with Crippen LogP contribution in [0, 0.1) is 0 Å². The standard InChI is InChI=1S/C20H18.C4H4S/c1-2-14-7-5-9-18-17(14)12-13-19-16-8-4-3-6-15(16)10-11-20(18)19;1-2-4-5-3-1/h2-4,6,8,10-14H,1,5,7,9H2;1-4H. The van der Waals surface area contributed by atoms with Gasteiger partial charge in [-0.05, 0) is 62.7 Å². The van der Waals surface area contributed by atoms with Gasteiger partial charge in [-0.15, -0.1) is 6.58 Å². The van der Waals surface area contributed by atoms with Crippen molar-refractivity contribution in [3.63, 3.8) is 0 Å². The number of hydrogen-bond acceptors (Lipinski definition) is 1. The Balaban J connectivity index is 0.000000272. The summed E-state index contributed by atoms with van der Waals surface area (Å²) in [7, 11) is 0. The van der Waals surface area contributed by atoms with Gasteiger partial charge in [-0.1, -0.05) is 66.7 Å². The third-order valence-electron chi connectivity index (χ3n) is 5.13. The Morgan fingerprint density at radius 3 is 2.40 bits per heavy atom. The van der Waals surface area contributed by atoms with E-state index in [1.165, 1.54) is 46.4 Å². The van der Waals surface area contributed by atoms with Gasteiger partial charge in [0, 0.05) is 5.92 Å². The van der Waals surface area contributed by atoms with Crippen LogP contribution in [-0.2, 0) is 6.42 Å². The first-order chi connectivity index (χ1) is 12.4. The number of rotatable bonds is 1. The highest BCUT2D eigenvalue weighted by molar-refractivity contribution is 7.07. The van der Waals surface area contributed by atoms with Crippen LogP contribution in [0.25, 0.3) is 21.5 Å². The molecule has 1 heteroatoms. The molecule has 1 unspecified atom stereocenters. The summed E-state index contributed by atoms with van der Waals surface area (Å²) in [6, 6.07) is 21.9. The predicted octanol–water partition coefficient (Wildman–Crippen LogP) is 7.35. The molecule has 0 aliphatic heterocycles. The highest BCUT2D eigenvalue weighted by Gasteiger charge is 2.19. The molecule has 1 aliphatic carbocycles. The third-order valence-corrected chi connectivity index (χ3v) is 5.75. The molecule has 25 heavy (non-hydrogen) atoms. The zero-order chi connectivity index (χ0) is 17.1. The van der Waals surface area contributed by atoms with Gasteiger partial charge in [-0.25, -0.2) is 0 Å². The molecular weight excluding hydrogens is 320 g/mol. The molecular formula is C24H22S. The SMILES string of the molecule is C=CC1CCCc2c1ccc1c2ccc2ccccc21.c1ccsc1. The van der Waals surface area contributed by atoms with Crippen LogP contribution in [0.5, 0.6) is 0 Å². The van der Waals surface area contributed by atoms with Gasteiger partial charge >= 0.3 is 0 Å². The molecule has 0 N–H and O–H groups in total. The number of aryl methyl sites for hydroxylation is 1. The number of benzene rings is 3. The molecule has 0 radical (unpaired) electrons. The van der Waals surface area contributed by atoms with E-state index in [9.17, 15) is 0 Å². The number of allylic oxidation sites excluding steroid dienone is 1. The van der Waals surface area contributed by atoms with Gasteiger partial charge in [0.25, 0.3) is 0 Å². The first-order valence-corrected chi connectivity index (χ1v) is 9.85. The molecule has 1 atom stereocenters. The second-order valence-corrected chi connectivity index (χ2v) is 7.36. The van der Waals surface area contributed by atoms with Gasteiger partial charge in [0.1, 0.15) is 0 Å². The van der Waals surface area contributed by atoms with E-state index in [1.54, 1.807) is 16.9 Å². The molecule has 1 aromatic heterocycles. The average Bonchev–Trinajstić information content (AvgIpc) is 3.27. The molecule has 0 saturated heterocycles. The minimum absolute atomic E-state index is 0.537. The van der Waals surface area contributed by atoms with Gasteiger partial charge < -0.3 is 0 Å². The van der Waals surface area contributed by atoms with Crippen molar-refractivity contribution in [1.82, 2.24) is 0 Å². The molecule has 0 spiro atoms. The van der Waals surface area contributed by atoms with Crippen LogP contribution >= 0.6 is 11.3 Å². The smallest absolute Gasteiger partial charge is 0.00183 e. The summed E-state index contributed by atoms with van der Waals surface area (Å²) in [4.78, 5) is 0. The monoisotopic (exact) mass is 342 g/mol. The van der Waals surface area contributed by atoms with Gasteiger partial charge in [0.05, 0.1) is 0 Å². The van der Waals surface area contributed by atoms with Crippen molar-refractivity contribution in [3.8, 4) is 0 Å². The minimum atomic E-state index is 0.537. The molecule has 1 heterocycles. The van der Waals surface area contributed by atoms with Crippen LogP contribution in [-0.4, -0.2) is 0 Å². The molecule has 4 aromatic rings. The van der Waals surface area contributed by atoms with E-state index in [0.717, 1.165) is 0 Å². The van der Waals surface area contributed by atoms with Crippen molar-refractivity contribution in [2.24, 2.45) is 0 Å². The Morgan fingerprint density at radius 2 is 1.64 bits per heavy atom. The largest absolute Gasteiger partial charge is 0.152 e. The third kappa shape index (κ3) is 3.12. The van der Waals surface area contributed by atoms with Gasteiger partial charge in [-0.3, -0.25) is 0 Å². The van der Waals surface area contributed by atoms with E-state index < -0.39 is 0 Å². The summed E-state index contributed by atoms with van der Waals surface area (Å²) >= 11 is 1.71. The second-order valence-electron chi connectivity index (χ2n) is 6.54. The fourth-order valence-corrected chi connectivity index (χ4v) is 4.37. The highest BCUT2D eigenvalue weighted by Crippen LogP contribution is 2.38. The van der Waals surface area contributed by atoms with Gasteiger partial charge in [0.2, 0.25) is 0 Å². The van der Waals surface area contributed by atoms with Crippen LogP contribution in [0.3, 0.4) is 0 Å². The lowest BCUT2D eigenvalue weighted by Crippen LogP contribution is -2.08. The van der Waals surface area contributed by atoms with Crippen molar-refractivity contribution in [2.75, 3.05) is 0 Å². The van der Waals surface area contributed by atoms with Crippen molar-refractivity contribution in [2.45, 2.75) is 25.2 Å². The summed E-state index contributed by atoms with van der Waals surface area (Å²) in [5, 5.41) is 9.61. The Hall–Kier alpha value is -2.38. The molecule has 0 saturated carbocycles. The molecule has 0 nitrogen and oxygen atoms in total. The van der Waals surface area contributed by atoms with Crippen LogP contribution in [0.1, 0.15) is 29.9 Å². The average molecular weight is 343 g/mol. The van der Waals surface area contributed by atoms with E-state index in [4.69, 9.17) is 0 Å². The Morgan fingerprint density at radius 1 is 0.840 bits per heavy atom. The Labute approximate surface area is 153 Å². The molecule has 1 aliphatic rings. The molecule has 0 amide bonds. The molecule has 3 aromatic carbocycles. The van der Waals surface area contributed by atoms with Crippen molar-refractivity contribution < 1.29 is 0 Å². The van der Waals surface area contributed by atoms with Crippen LogP contribution in [0.2, 0.25) is 0 Å². The number of hydrogen-bond donors (Lipinski definition) is 0. The zero-order valence-corrected chi connectivity index (χ0v) is 15.1. The lowest BCUT2D eigenvalue weighted by molar-refractivity contribution is 0.633. The highest BCUT2D eigenvalue weighted by atomic mass is 32.1. The first-order valence-electron chi connectivity index (χ1n) is 8.91. The molecule has 124 valence electrons. The minimum Gasteiger partial charge on any atom is -0.152 e. The van der Waals surface area contributed by atoms with E-state index in [2.05, 4.69) is 61.2 Å². The maximum absolute atomic E-state index is 4.01. The zero-order valence-electron chi connectivity index (χ0n) is 14.3. The molecule has 5 rings (SSSR count). The van der Waals surface area contributed by atoms with Crippen LogP contribution < -0.4 is 0 Å². The van der Waals surface area contributed by atoms with Crippen molar-refractivity contribution in [1.29, 1.82) is 0 Å². The summed E-state index contributed by atoms with van der Waals surface area (Å²) in [6.45, 7) is 4.01. The maximum atomic E-state index is 4.01. The number of thiophene rings is 1. The topological polar surface area (TPSA) is 0 Å². The Bertz CT molecular complexity index is 978. The lowest BCUT2D eigenvalue weighted by atomic mass is 9.80. The lowest BCUT2D eigenvalue weighted by Gasteiger charge is -2.24. The van der Waals surface area contributed by atoms with Crippen LogP contribution in [0.4, 0.5) is 0 Å². The summed E-state index contributed by atoms with van der Waals surface area (Å²) in [6.07, 6.45) is 5.84. The van der Waals surface area contributed by atoms with Crippen molar-refractivity contribution >= 4 is 32.9 Å². The van der Waals surface area contributed by atoms with Crippen molar-refractivity contribution in [3.05, 3.63) is 95.2 Å². The summed E-state index contributed by atoms with van der Waals surface area (Å²) in [5.41, 5.74) is 3.04. The Kier molecular flexibility index (Phi) is 4.67. The van der Waals surface area contributed by atoms with E-state index >= 15 is 0 Å². The maximum Gasteiger partial charge on any atom is 0.00183 e. The van der Waals surface area contributed by atoms with Gasteiger partial charge in [0.15, 0.2) is 0 Å². The fourth-order valence-electron chi connectivity index (χ4n) is 3.92. The van der Waals surface area contributed by atoms with E-state index in [0.29, 0.717) is 5.92 Å². The summed E-state index contributed by atoms with van der Waals surface area (Å²) in [5.74, 6) is 0.537. The molecule has 0 bridgehead atoms. The predicted molar refractivity (Wildman–Crippen MR) is 112 cm³/mol. The first kappa shape index (κ1) is 16.1. The quantitative estimate of drug-likeness (QED) is 0.250. The van der Waals surface area contributed by atoms with Gasteiger partial charge in [-0.2, -0.15) is 11.3 Å². The van der Waals surface area contributed by atoms with E-state index in [-0.39, 0.29) is 0 Å². The van der Waals surface area contributed by atoms with Crippen LogP contribution in [0.15, 0.2) is 84.1 Å². The van der Waals surface area contributed by atoms with E-state index in [1.807, 2.05) is 22.9 Å². The second kappa shape index (κ2) is 7.25. The molecule has 0 fully saturated rings. The normalized spacial score (nSPS) is 16.1. The fraction of sp³-hybridized carbons (Fsp3) is 0.167. The summed E-state index contributed by atoms with van der Waals surface area (Å²) < 4.78 is 0. The number of fused-ring (bicyclic) bond motifs is 5.